The van der Waals surface area contributed by atoms with Crippen LogP contribution in [0.25, 0.3) is 0 Å². The van der Waals surface area contributed by atoms with Gasteiger partial charge in [0.1, 0.15) is 5.60 Å². The first-order valence-corrected chi connectivity index (χ1v) is 11.6. The summed E-state index contributed by atoms with van der Waals surface area (Å²) in [5, 5.41) is 0. The summed E-state index contributed by atoms with van der Waals surface area (Å²) < 4.78 is 5.76. The predicted octanol–water partition coefficient (Wildman–Crippen LogP) is 5.27. The quantitative estimate of drug-likeness (QED) is 0.648. The Bertz CT molecular complexity index is 804. The van der Waals surface area contributed by atoms with Gasteiger partial charge in [0.2, 0.25) is 0 Å². The highest BCUT2D eigenvalue weighted by Crippen LogP contribution is 2.51. The number of ether oxygens (including phenoxy) is 1. The molecule has 0 aromatic heterocycles. The third-order valence-electron chi connectivity index (χ3n) is 8.01. The highest BCUT2D eigenvalue weighted by atomic mass is 16.6. The van der Waals surface area contributed by atoms with Gasteiger partial charge in [-0.05, 0) is 96.4 Å². The minimum absolute atomic E-state index is 0.0897. The lowest BCUT2D eigenvalue weighted by Gasteiger charge is -2.44. The van der Waals surface area contributed by atoms with Gasteiger partial charge in [0.25, 0.3) is 0 Å². The number of likely N-dealkylation sites (tertiary alicyclic amines) is 1. The van der Waals surface area contributed by atoms with Crippen LogP contribution in [0, 0.1) is 18.8 Å². The molecule has 5 rings (SSSR count). The number of fused-ring (bicyclic) bond motifs is 4. The average molecular weight is 397 g/mol. The minimum Gasteiger partial charge on any atom is -0.443 e. The van der Waals surface area contributed by atoms with E-state index in [4.69, 9.17) is 4.74 Å². The van der Waals surface area contributed by atoms with Crippen LogP contribution < -0.4 is 4.90 Å². The maximum Gasteiger partial charge on any atom is 0.414 e. The maximum absolute atomic E-state index is 13.0. The number of hydrogen-bond acceptors (Lipinski definition) is 3. The van der Waals surface area contributed by atoms with Crippen LogP contribution in [-0.2, 0) is 10.2 Å². The van der Waals surface area contributed by atoms with Crippen LogP contribution in [0.1, 0.15) is 70.4 Å². The van der Waals surface area contributed by atoms with Crippen molar-refractivity contribution in [1.29, 1.82) is 0 Å². The lowest BCUT2D eigenvalue weighted by Crippen LogP contribution is -2.50. The summed E-state index contributed by atoms with van der Waals surface area (Å²) in [6.07, 6.45) is 7.92. The van der Waals surface area contributed by atoms with E-state index in [9.17, 15) is 4.79 Å². The SMILES string of the molecule is Cc1ccc2c(c1)C1(CCN(C3CC4CCC3C4)CC1)CN2C(=O)OC(C)(C)C. The van der Waals surface area contributed by atoms with E-state index < -0.39 is 5.60 Å². The van der Waals surface area contributed by atoms with E-state index in [1.807, 2.05) is 25.7 Å². The monoisotopic (exact) mass is 396 g/mol. The first kappa shape index (κ1) is 19.4. The van der Waals surface area contributed by atoms with E-state index in [0.717, 1.165) is 43.0 Å². The number of aryl methyl sites for hydroxylation is 1. The molecule has 2 aliphatic heterocycles. The van der Waals surface area contributed by atoms with Crippen molar-refractivity contribution < 1.29 is 9.53 Å². The second kappa shape index (κ2) is 6.73. The summed E-state index contributed by atoms with van der Waals surface area (Å²) in [4.78, 5) is 17.7. The van der Waals surface area contributed by atoms with E-state index in [-0.39, 0.29) is 11.5 Å². The molecule has 1 aromatic rings. The zero-order chi connectivity index (χ0) is 20.4. The zero-order valence-electron chi connectivity index (χ0n) is 18.5. The summed E-state index contributed by atoms with van der Waals surface area (Å²) in [7, 11) is 0. The molecule has 2 aliphatic carbocycles. The van der Waals surface area contributed by atoms with E-state index in [1.165, 1.54) is 49.9 Å². The molecule has 4 aliphatic rings. The Hall–Kier alpha value is -1.55. The van der Waals surface area contributed by atoms with E-state index >= 15 is 0 Å². The van der Waals surface area contributed by atoms with Crippen LogP contribution >= 0.6 is 0 Å². The van der Waals surface area contributed by atoms with Gasteiger partial charge >= 0.3 is 6.09 Å². The van der Waals surface area contributed by atoms with Crippen LogP contribution in [0.2, 0.25) is 0 Å². The lowest BCUT2D eigenvalue weighted by molar-refractivity contribution is 0.0558. The van der Waals surface area contributed by atoms with Gasteiger partial charge in [0.05, 0.1) is 5.69 Å². The highest BCUT2D eigenvalue weighted by molar-refractivity contribution is 5.91. The second-order valence-corrected chi connectivity index (χ2v) is 11.1. The van der Waals surface area contributed by atoms with Gasteiger partial charge in [-0.3, -0.25) is 4.90 Å². The topological polar surface area (TPSA) is 32.8 Å². The molecule has 1 spiro atoms. The van der Waals surface area contributed by atoms with Gasteiger partial charge in [0, 0.05) is 18.0 Å². The lowest BCUT2D eigenvalue weighted by atomic mass is 9.73. The largest absolute Gasteiger partial charge is 0.443 e. The number of carbonyl (C=O) groups is 1. The molecule has 2 saturated carbocycles. The number of piperidine rings is 1. The Morgan fingerprint density at radius 2 is 1.90 bits per heavy atom. The summed E-state index contributed by atoms with van der Waals surface area (Å²) >= 11 is 0. The normalized spacial score (nSPS) is 30.8. The molecule has 4 heteroatoms. The van der Waals surface area contributed by atoms with Crippen molar-refractivity contribution in [2.75, 3.05) is 24.5 Å². The van der Waals surface area contributed by atoms with Crippen LogP contribution in [0.15, 0.2) is 18.2 Å². The van der Waals surface area contributed by atoms with Gasteiger partial charge in [-0.15, -0.1) is 0 Å². The van der Waals surface area contributed by atoms with E-state index in [2.05, 4.69) is 30.0 Å². The first-order valence-electron chi connectivity index (χ1n) is 11.6. The molecule has 0 N–H and O–H groups in total. The van der Waals surface area contributed by atoms with Crippen molar-refractivity contribution >= 4 is 11.8 Å². The molecule has 4 nitrogen and oxygen atoms in total. The molecule has 1 aromatic carbocycles. The second-order valence-electron chi connectivity index (χ2n) is 11.1. The molecular formula is C25H36N2O2. The van der Waals surface area contributed by atoms with Crippen molar-refractivity contribution in [2.45, 2.75) is 83.3 Å². The van der Waals surface area contributed by atoms with E-state index in [1.54, 1.807) is 0 Å². The molecule has 2 heterocycles. The van der Waals surface area contributed by atoms with Gasteiger partial charge < -0.3 is 9.64 Å². The van der Waals surface area contributed by atoms with Crippen LogP contribution in [0.5, 0.6) is 0 Å². The molecule has 1 saturated heterocycles. The first-order chi connectivity index (χ1) is 13.7. The summed E-state index contributed by atoms with van der Waals surface area (Å²) in [6.45, 7) is 11.1. The van der Waals surface area contributed by atoms with Crippen LogP contribution in [0.3, 0.4) is 0 Å². The predicted molar refractivity (Wildman–Crippen MR) is 116 cm³/mol. The molecular weight excluding hydrogens is 360 g/mol. The Morgan fingerprint density at radius 1 is 1.14 bits per heavy atom. The van der Waals surface area contributed by atoms with Crippen molar-refractivity contribution in [3.05, 3.63) is 29.3 Å². The van der Waals surface area contributed by atoms with Crippen LogP contribution in [0.4, 0.5) is 10.5 Å². The third-order valence-corrected chi connectivity index (χ3v) is 8.01. The number of hydrogen-bond donors (Lipinski definition) is 0. The molecule has 158 valence electrons. The van der Waals surface area contributed by atoms with Crippen molar-refractivity contribution in [1.82, 2.24) is 4.90 Å². The average Bonchev–Trinajstić information content (AvgIpc) is 3.35. The molecule has 2 bridgehead atoms. The number of rotatable bonds is 1. The Morgan fingerprint density at radius 3 is 2.52 bits per heavy atom. The molecule has 0 radical (unpaired) electrons. The van der Waals surface area contributed by atoms with Gasteiger partial charge in [-0.25, -0.2) is 4.79 Å². The summed E-state index contributed by atoms with van der Waals surface area (Å²) in [5.41, 5.74) is 3.34. The Kier molecular flexibility index (Phi) is 4.51. The van der Waals surface area contributed by atoms with Gasteiger partial charge in [-0.1, -0.05) is 24.1 Å². The van der Waals surface area contributed by atoms with Crippen LogP contribution in [-0.4, -0.2) is 42.3 Å². The summed E-state index contributed by atoms with van der Waals surface area (Å²) in [5.74, 6) is 1.95. The smallest absolute Gasteiger partial charge is 0.414 e. The molecule has 29 heavy (non-hydrogen) atoms. The Balaban J connectivity index is 1.37. The van der Waals surface area contributed by atoms with E-state index in [0.29, 0.717) is 0 Å². The molecule has 3 unspecified atom stereocenters. The van der Waals surface area contributed by atoms with Crippen molar-refractivity contribution in [2.24, 2.45) is 11.8 Å². The number of nitrogens with zero attached hydrogens (tertiary/aromatic N) is 2. The third kappa shape index (κ3) is 3.37. The molecule has 3 fully saturated rings. The fourth-order valence-corrected chi connectivity index (χ4v) is 6.63. The Labute approximate surface area is 175 Å². The summed E-state index contributed by atoms with van der Waals surface area (Å²) in [6, 6.07) is 7.41. The molecule has 1 amide bonds. The zero-order valence-corrected chi connectivity index (χ0v) is 18.5. The maximum atomic E-state index is 13.0. The highest BCUT2D eigenvalue weighted by Gasteiger charge is 2.50. The molecule has 3 atom stereocenters. The fourth-order valence-electron chi connectivity index (χ4n) is 6.63. The van der Waals surface area contributed by atoms with Gasteiger partial charge in [0.15, 0.2) is 0 Å². The van der Waals surface area contributed by atoms with Crippen molar-refractivity contribution in [3.63, 3.8) is 0 Å². The standard InChI is InChI=1S/C25H36N2O2/c1-17-5-8-21-20(13-17)25(16-27(21)23(28)29-24(2,3)4)9-11-26(12-10-25)22-15-18-6-7-19(22)14-18/h5,8,13,18-19,22H,6-7,9-12,14-16H2,1-4H3. The number of amides is 1. The number of carbonyl (C=O) groups excluding carboxylic acids is 1. The number of anilines is 1. The number of benzene rings is 1. The fraction of sp³-hybridized carbons (Fsp3) is 0.720. The van der Waals surface area contributed by atoms with Crippen molar-refractivity contribution in [3.8, 4) is 0 Å². The van der Waals surface area contributed by atoms with Gasteiger partial charge in [-0.2, -0.15) is 0 Å². The minimum atomic E-state index is -0.469.